The van der Waals surface area contributed by atoms with Gasteiger partial charge in [-0.15, -0.1) is 0 Å². The zero-order chi connectivity index (χ0) is 14.1. The van der Waals surface area contributed by atoms with Crippen LogP contribution in [-0.2, 0) is 15.7 Å². The number of aryl methyl sites for hydroxylation is 1. The fourth-order valence-corrected chi connectivity index (χ4v) is 3.09. The molecule has 0 spiro atoms. The standard InChI is InChI=1S/C15H25BO2S/c1-6-7-8-9-12-10-13(19-11-12)16-17-14(2,3)15(4,5)18-16/h10-11H,6-9H2,1-5H3. The third kappa shape index (κ3) is 3.23. The van der Waals surface area contributed by atoms with E-state index in [-0.39, 0.29) is 18.3 Å². The smallest absolute Gasteiger partial charge is 0.399 e. The zero-order valence-electron chi connectivity index (χ0n) is 12.8. The second-order valence-corrected chi connectivity index (χ2v) is 7.35. The van der Waals surface area contributed by atoms with Crippen molar-refractivity contribution in [2.75, 3.05) is 0 Å². The molecule has 2 heterocycles. The summed E-state index contributed by atoms with van der Waals surface area (Å²) in [6, 6.07) is 2.25. The first-order valence-corrected chi connectivity index (χ1v) is 8.16. The van der Waals surface area contributed by atoms with E-state index in [1.165, 1.54) is 36.0 Å². The largest absolute Gasteiger partial charge is 0.505 e. The predicted molar refractivity (Wildman–Crippen MR) is 83.3 cm³/mol. The van der Waals surface area contributed by atoms with E-state index < -0.39 is 0 Å². The Morgan fingerprint density at radius 1 is 1.11 bits per heavy atom. The Hall–Kier alpha value is -0.315. The Kier molecular flexibility index (Phi) is 4.43. The molecule has 1 saturated heterocycles. The van der Waals surface area contributed by atoms with Gasteiger partial charge in [-0.25, -0.2) is 0 Å². The first-order valence-electron chi connectivity index (χ1n) is 7.28. The van der Waals surface area contributed by atoms with Gasteiger partial charge in [0, 0.05) is 4.78 Å². The van der Waals surface area contributed by atoms with Crippen LogP contribution in [0, 0.1) is 0 Å². The van der Waals surface area contributed by atoms with Crippen LogP contribution in [0.5, 0.6) is 0 Å². The van der Waals surface area contributed by atoms with E-state index in [0.717, 1.165) is 0 Å². The fourth-order valence-electron chi connectivity index (χ4n) is 2.19. The summed E-state index contributed by atoms with van der Waals surface area (Å²) in [5, 5.41) is 2.25. The van der Waals surface area contributed by atoms with Gasteiger partial charge in [0.25, 0.3) is 0 Å². The molecule has 1 aliphatic heterocycles. The van der Waals surface area contributed by atoms with E-state index in [2.05, 4.69) is 46.1 Å². The molecule has 0 bridgehead atoms. The number of hydrogen-bond donors (Lipinski definition) is 0. The van der Waals surface area contributed by atoms with Crippen molar-refractivity contribution in [2.24, 2.45) is 0 Å². The van der Waals surface area contributed by atoms with Crippen LogP contribution in [0.2, 0.25) is 0 Å². The summed E-state index contributed by atoms with van der Waals surface area (Å²) in [5.74, 6) is 0. The second-order valence-electron chi connectivity index (χ2n) is 6.40. The molecule has 1 aromatic rings. The highest BCUT2D eigenvalue weighted by Crippen LogP contribution is 2.36. The third-order valence-electron chi connectivity index (χ3n) is 4.23. The quantitative estimate of drug-likeness (QED) is 0.603. The Morgan fingerprint density at radius 2 is 1.74 bits per heavy atom. The summed E-state index contributed by atoms with van der Waals surface area (Å²) in [6.07, 6.45) is 5.02. The minimum atomic E-state index is -0.246. The van der Waals surface area contributed by atoms with E-state index in [1.54, 1.807) is 11.3 Å². The van der Waals surface area contributed by atoms with Gasteiger partial charge >= 0.3 is 7.12 Å². The van der Waals surface area contributed by atoms with E-state index >= 15 is 0 Å². The van der Waals surface area contributed by atoms with Crippen LogP contribution in [0.15, 0.2) is 11.4 Å². The molecule has 0 aromatic carbocycles. The van der Waals surface area contributed by atoms with Crippen molar-refractivity contribution in [3.05, 3.63) is 17.0 Å². The van der Waals surface area contributed by atoms with Gasteiger partial charge in [-0.3, -0.25) is 0 Å². The van der Waals surface area contributed by atoms with E-state index in [9.17, 15) is 0 Å². The van der Waals surface area contributed by atoms with Gasteiger partial charge in [-0.05, 0) is 57.5 Å². The molecular formula is C15H25BO2S. The van der Waals surface area contributed by atoms with Crippen LogP contribution >= 0.6 is 11.3 Å². The van der Waals surface area contributed by atoms with Gasteiger partial charge in [0.2, 0.25) is 0 Å². The Bertz CT molecular complexity index is 410. The molecule has 106 valence electrons. The van der Waals surface area contributed by atoms with Gasteiger partial charge in [-0.2, -0.15) is 11.3 Å². The molecule has 4 heteroatoms. The lowest BCUT2D eigenvalue weighted by atomic mass is 9.87. The highest BCUT2D eigenvalue weighted by Gasteiger charge is 2.52. The summed E-state index contributed by atoms with van der Waals surface area (Å²) < 4.78 is 13.4. The van der Waals surface area contributed by atoms with Crippen LogP contribution in [-0.4, -0.2) is 18.3 Å². The maximum atomic E-state index is 6.08. The molecule has 0 unspecified atom stereocenters. The summed E-state index contributed by atoms with van der Waals surface area (Å²) >= 11 is 1.76. The van der Waals surface area contributed by atoms with Crippen molar-refractivity contribution in [1.82, 2.24) is 0 Å². The zero-order valence-corrected chi connectivity index (χ0v) is 13.6. The van der Waals surface area contributed by atoms with Crippen molar-refractivity contribution in [1.29, 1.82) is 0 Å². The maximum Gasteiger partial charge on any atom is 0.505 e. The van der Waals surface area contributed by atoms with Crippen molar-refractivity contribution >= 4 is 23.2 Å². The van der Waals surface area contributed by atoms with Crippen molar-refractivity contribution in [3.63, 3.8) is 0 Å². The molecule has 1 fully saturated rings. The number of hydrogen-bond acceptors (Lipinski definition) is 3. The highest BCUT2D eigenvalue weighted by molar-refractivity contribution is 7.20. The summed E-state index contributed by atoms with van der Waals surface area (Å²) in [5.41, 5.74) is 0.928. The Morgan fingerprint density at radius 3 is 2.32 bits per heavy atom. The van der Waals surface area contributed by atoms with Gasteiger partial charge in [0.05, 0.1) is 11.2 Å². The molecule has 0 amide bonds. The SMILES string of the molecule is CCCCCc1csc(B2OC(C)(C)C(C)(C)O2)c1. The van der Waals surface area contributed by atoms with Crippen LogP contribution < -0.4 is 4.78 Å². The minimum Gasteiger partial charge on any atom is -0.399 e. The molecule has 0 atom stereocenters. The van der Waals surface area contributed by atoms with Crippen molar-refractivity contribution < 1.29 is 9.31 Å². The van der Waals surface area contributed by atoms with Crippen molar-refractivity contribution in [2.45, 2.75) is 71.5 Å². The summed E-state index contributed by atoms with van der Waals surface area (Å²) in [6.45, 7) is 10.6. The predicted octanol–water partition coefficient (Wildman–Crippen LogP) is 3.78. The molecule has 0 aliphatic carbocycles. The molecule has 0 saturated carbocycles. The average molecular weight is 280 g/mol. The molecular weight excluding hydrogens is 255 g/mol. The normalized spacial score (nSPS) is 21.0. The van der Waals surface area contributed by atoms with Gasteiger partial charge in [-0.1, -0.05) is 19.8 Å². The summed E-state index contributed by atoms with van der Waals surface area (Å²) in [7, 11) is -0.199. The second kappa shape index (κ2) is 5.59. The van der Waals surface area contributed by atoms with Crippen molar-refractivity contribution in [3.8, 4) is 0 Å². The third-order valence-corrected chi connectivity index (χ3v) is 5.23. The molecule has 0 radical (unpaired) electrons. The highest BCUT2D eigenvalue weighted by atomic mass is 32.1. The first kappa shape index (κ1) is 15.1. The summed E-state index contributed by atoms with van der Waals surface area (Å²) in [4.78, 5) is 0. The van der Waals surface area contributed by atoms with Crippen LogP contribution in [0.1, 0.15) is 59.4 Å². The van der Waals surface area contributed by atoms with E-state index in [1.807, 2.05) is 0 Å². The lowest BCUT2D eigenvalue weighted by Gasteiger charge is -2.32. The van der Waals surface area contributed by atoms with E-state index in [0.29, 0.717) is 0 Å². The number of unbranched alkanes of at least 4 members (excludes halogenated alkanes) is 2. The number of rotatable bonds is 5. The average Bonchev–Trinajstić information content (AvgIpc) is 2.83. The monoisotopic (exact) mass is 280 g/mol. The molecule has 2 nitrogen and oxygen atoms in total. The van der Waals surface area contributed by atoms with Gasteiger partial charge in [0.1, 0.15) is 0 Å². The first-order chi connectivity index (χ1) is 8.86. The molecule has 19 heavy (non-hydrogen) atoms. The van der Waals surface area contributed by atoms with Crippen LogP contribution in [0.3, 0.4) is 0 Å². The van der Waals surface area contributed by atoms with Crippen LogP contribution in [0.4, 0.5) is 0 Å². The van der Waals surface area contributed by atoms with Gasteiger partial charge < -0.3 is 9.31 Å². The molecule has 1 aliphatic rings. The van der Waals surface area contributed by atoms with Gasteiger partial charge in [0.15, 0.2) is 0 Å². The lowest BCUT2D eigenvalue weighted by Crippen LogP contribution is -2.41. The minimum absolute atomic E-state index is 0.199. The Labute approximate surface area is 121 Å². The fraction of sp³-hybridized carbons (Fsp3) is 0.733. The topological polar surface area (TPSA) is 18.5 Å². The lowest BCUT2D eigenvalue weighted by molar-refractivity contribution is 0.00578. The Balaban J connectivity index is 2.00. The molecule has 1 aromatic heterocycles. The van der Waals surface area contributed by atoms with E-state index in [4.69, 9.17) is 9.31 Å². The molecule has 2 rings (SSSR count). The number of thiophene rings is 1. The molecule has 0 N–H and O–H groups in total. The van der Waals surface area contributed by atoms with Crippen LogP contribution in [0.25, 0.3) is 0 Å². The maximum absolute atomic E-state index is 6.08.